The van der Waals surface area contributed by atoms with Crippen molar-refractivity contribution in [3.05, 3.63) is 64.4 Å². The summed E-state index contributed by atoms with van der Waals surface area (Å²) in [5, 5.41) is 3.14. The molecule has 1 aromatic heterocycles. The molecule has 0 saturated carbocycles. The summed E-state index contributed by atoms with van der Waals surface area (Å²) >= 11 is 1.16. The predicted octanol–water partition coefficient (Wildman–Crippen LogP) is 2.14. The van der Waals surface area contributed by atoms with Gasteiger partial charge in [0.05, 0.1) is 16.2 Å². The molecule has 3 rings (SSSR count). The van der Waals surface area contributed by atoms with E-state index in [1.165, 1.54) is 12.1 Å². The Kier molecular flexibility index (Phi) is 5.04. The molecule has 4 N–H and O–H groups in total. The van der Waals surface area contributed by atoms with Crippen molar-refractivity contribution in [1.29, 1.82) is 0 Å². The Bertz CT molecular complexity index is 1030. The zero-order valence-corrected chi connectivity index (χ0v) is 14.7. The van der Waals surface area contributed by atoms with Crippen LogP contribution in [0, 0.1) is 0 Å². The summed E-state index contributed by atoms with van der Waals surface area (Å²) in [4.78, 5) is 42.5. The molecule has 0 saturated heterocycles. The van der Waals surface area contributed by atoms with Crippen LogP contribution in [0.15, 0.2) is 58.5 Å². The largest absolute Gasteiger partial charge is 0.366 e. The number of amides is 2. The third-order valence-corrected chi connectivity index (χ3v) is 4.67. The Balaban J connectivity index is 1.71. The van der Waals surface area contributed by atoms with Crippen LogP contribution in [0.1, 0.15) is 17.3 Å². The fourth-order valence-corrected chi connectivity index (χ4v) is 3.11. The number of benzene rings is 2. The van der Waals surface area contributed by atoms with Crippen LogP contribution >= 0.6 is 11.8 Å². The van der Waals surface area contributed by atoms with Gasteiger partial charge in [0, 0.05) is 11.3 Å². The SMILES string of the molecule is CC(Sc1nc2ccccc2c(=O)[nH]1)C(=O)Nc1ccc(C(N)=O)cc1. The van der Waals surface area contributed by atoms with E-state index in [-0.39, 0.29) is 11.5 Å². The van der Waals surface area contributed by atoms with Gasteiger partial charge < -0.3 is 16.0 Å². The van der Waals surface area contributed by atoms with E-state index in [0.29, 0.717) is 27.3 Å². The fraction of sp³-hybridized carbons (Fsp3) is 0.111. The molecule has 1 atom stereocenters. The Morgan fingerprint density at radius 2 is 1.85 bits per heavy atom. The number of para-hydroxylation sites is 1. The first-order valence-corrected chi connectivity index (χ1v) is 8.68. The zero-order valence-electron chi connectivity index (χ0n) is 13.9. The number of nitrogens with one attached hydrogen (secondary N) is 2. The number of anilines is 1. The predicted molar refractivity (Wildman–Crippen MR) is 101 cm³/mol. The fourth-order valence-electron chi connectivity index (χ4n) is 2.30. The van der Waals surface area contributed by atoms with E-state index in [0.717, 1.165) is 11.8 Å². The summed E-state index contributed by atoms with van der Waals surface area (Å²) in [6, 6.07) is 13.3. The molecule has 7 nitrogen and oxygen atoms in total. The lowest BCUT2D eigenvalue weighted by atomic mass is 10.2. The van der Waals surface area contributed by atoms with Gasteiger partial charge in [0.1, 0.15) is 0 Å². The van der Waals surface area contributed by atoms with Gasteiger partial charge in [-0.15, -0.1) is 0 Å². The van der Waals surface area contributed by atoms with Gasteiger partial charge in [-0.05, 0) is 43.3 Å². The maximum absolute atomic E-state index is 12.3. The van der Waals surface area contributed by atoms with Crippen molar-refractivity contribution >= 4 is 40.2 Å². The number of rotatable bonds is 5. The van der Waals surface area contributed by atoms with Crippen LogP contribution in [0.4, 0.5) is 5.69 Å². The monoisotopic (exact) mass is 368 g/mol. The lowest BCUT2D eigenvalue weighted by Gasteiger charge is -2.12. The first-order chi connectivity index (χ1) is 12.4. The number of aromatic amines is 1. The van der Waals surface area contributed by atoms with E-state index >= 15 is 0 Å². The van der Waals surface area contributed by atoms with Crippen LogP contribution in [0.5, 0.6) is 0 Å². The molecular formula is C18H16N4O3S. The molecule has 0 fully saturated rings. The van der Waals surface area contributed by atoms with Crippen molar-refractivity contribution in [1.82, 2.24) is 9.97 Å². The first kappa shape index (κ1) is 17.7. The van der Waals surface area contributed by atoms with Crippen LogP contribution in [0.3, 0.4) is 0 Å². The topological polar surface area (TPSA) is 118 Å². The summed E-state index contributed by atoms with van der Waals surface area (Å²) in [7, 11) is 0. The molecule has 1 unspecified atom stereocenters. The highest BCUT2D eigenvalue weighted by atomic mass is 32.2. The molecule has 0 aliphatic carbocycles. The molecular weight excluding hydrogens is 352 g/mol. The minimum Gasteiger partial charge on any atom is -0.366 e. The highest BCUT2D eigenvalue weighted by Crippen LogP contribution is 2.21. The molecule has 2 aromatic carbocycles. The summed E-state index contributed by atoms with van der Waals surface area (Å²) in [5.41, 5.74) is 6.43. The van der Waals surface area contributed by atoms with Crippen LogP contribution in [-0.2, 0) is 4.79 Å². The zero-order chi connectivity index (χ0) is 18.7. The molecule has 26 heavy (non-hydrogen) atoms. The number of nitrogens with two attached hydrogens (primary N) is 1. The summed E-state index contributed by atoms with van der Waals surface area (Å²) < 4.78 is 0. The van der Waals surface area contributed by atoms with Gasteiger partial charge >= 0.3 is 0 Å². The first-order valence-electron chi connectivity index (χ1n) is 7.80. The van der Waals surface area contributed by atoms with Crippen LogP contribution in [-0.4, -0.2) is 27.0 Å². The minimum atomic E-state index is -0.530. The molecule has 8 heteroatoms. The number of aromatic nitrogens is 2. The van der Waals surface area contributed by atoms with Crippen molar-refractivity contribution in [2.24, 2.45) is 5.73 Å². The van der Waals surface area contributed by atoms with Gasteiger partial charge in [-0.1, -0.05) is 23.9 Å². The summed E-state index contributed by atoms with van der Waals surface area (Å²) in [6.45, 7) is 1.72. The molecule has 1 heterocycles. The van der Waals surface area contributed by atoms with Crippen molar-refractivity contribution in [3.8, 4) is 0 Å². The van der Waals surface area contributed by atoms with E-state index in [1.807, 2.05) is 0 Å². The molecule has 0 aliphatic rings. The van der Waals surface area contributed by atoms with Crippen LogP contribution in [0.2, 0.25) is 0 Å². The number of primary amides is 1. The van der Waals surface area contributed by atoms with Gasteiger partial charge in [-0.25, -0.2) is 4.98 Å². The third kappa shape index (κ3) is 3.92. The lowest BCUT2D eigenvalue weighted by Crippen LogP contribution is -2.23. The molecule has 132 valence electrons. The van der Waals surface area contributed by atoms with Crippen LogP contribution < -0.4 is 16.6 Å². The molecule has 2 amide bonds. The minimum absolute atomic E-state index is 0.243. The maximum Gasteiger partial charge on any atom is 0.259 e. The number of carbonyl (C=O) groups excluding carboxylic acids is 2. The molecule has 0 bridgehead atoms. The van der Waals surface area contributed by atoms with Crippen molar-refractivity contribution in [3.63, 3.8) is 0 Å². The smallest absolute Gasteiger partial charge is 0.259 e. The number of carbonyl (C=O) groups is 2. The Labute approximate surface area is 153 Å². The Morgan fingerprint density at radius 1 is 1.15 bits per heavy atom. The standard InChI is InChI=1S/C18H16N4O3S/c1-10(16(24)20-12-8-6-11(7-9-12)15(19)23)26-18-21-14-5-3-2-4-13(14)17(25)22-18/h2-10H,1H3,(H2,19,23)(H,20,24)(H,21,22,25). The van der Waals surface area contributed by atoms with Crippen molar-refractivity contribution in [2.75, 3.05) is 5.32 Å². The quantitative estimate of drug-likeness (QED) is 0.471. The van der Waals surface area contributed by atoms with Gasteiger partial charge in [0.2, 0.25) is 11.8 Å². The van der Waals surface area contributed by atoms with Crippen LogP contribution in [0.25, 0.3) is 10.9 Å². The molecule has 0 radical (unpaired) electrons. The highest BCUT2D eigenvalue weighted by Gasteiger charge is 2.17. The van der Waals surface area contributed by atoms with Gasteiger partial charge in [-0.3, -0.25) is 14.4 Å². The highest BCUT2D eigenvalue weighted by molar-refractivity contribution is 8.00. The second-order valence-corrected chi connectivity index (χ2v) is 6.91. The lowest BCUT2D eigenvalue weighted by molar-refractivity contribution is -0.115. The number of hydrogen-bond donors (Lipinski definition) is 3. The average molecular weight is 368 g/mol. The average Bonchev–Trinajstić information content (AvgIpc) is 2.62. The van der Waals surface area contributed by atoms with Gasteiger partial charge in [0.15, 0.2) is 5.16 Å². The third-order valence-electron chi connectivity index (χ3n) is 3.69. The van der Waals surface area contributed by atoms with E-state index in [2.05, 4.69) is 15.3 Å². The second kappa shape index (κ2) is 7.40. The van der Waals surface area contributed by atoms with Gasteiger partial charge in [-0.2, -0.15) is 0 Å². The van der Waals surface area contributed by atoms with E-state index in [1.54, 1.807) is 43.3 Å². The molecule has 3 aromatic rings. The van der Waals surface area contributed by atoms with E-state index in [4.69, 9.17) is 5.73 Å². The summed E-state index contributed by atoms with van der Waals surface area (Å²) in [5.74, 6) is -0.782. The number of thioether (sulfide) groups is 1. The van der Waals surface area contributed by atoms with Crippen molar-refractivity contribution < 1.29 is 9.59 Å². The Hall–Kier alpha value is -3.13. The number of fused-ring (bicyclic) bond motifs is 1. The normalized spacial score (nSPS) is 11.9. The number of nitrogens with zero attached hydrogens (tertiary/aromatic N) is 1. The Morgan fingerprint density at radius 3 is 2.54 bits per heavy atom. The van der Waals surface area contributed by atoms with E-state index in [9.17, 15) is 14.4 Å². The molecule has 0 spiro atoms. The summed E-state index contributed by atoms with van der Waals surface area (Å²) in [6.07, 6.45) is 0. The number of H-pyrrole nitrogens is 1. The molecule has 0 aliphatic heterocycles. The number of hydrogen-bond acceptors (Lipinski definition) is 5. The van der Waals surface area contributed by atoms with Gasteiger partial charge in [0.25, 0.3) is 5.56 Å². The van der Waals surface area contributed by atoms with Crippen molar-refractivity contribution in [2.45, 2.75) is 17.3 Å². The second-order valence-electron chi connectivity index (χ2n) is 5.58. The maximum atomic E-state index is 12.3. The van der Waals surface area contributed by atoms with E-state index < -0.39 is 11.2 Å².